The molecule has 0 spiro atoms. The van der Waals surface area contributed by atoms with E-state index in [0.29, 0.717) is 5.92 Å². The first kappa shape index (κ1) is 36.7. The van der Waals surface area contributed by atoms with Crippen LogP contribution in [0, 0.1) is 18.8 Å². The number of benzene rings is 3. The third-order valence-corrected chi connectivity index (χ3v) is 8.79. The summed E-state index contributed by atoms with van der Waals surface area (Å²) in [4.78, 5) is 10.9. The van der Waals surface area contributed by atoms with Gasteiger partial charge in [0.25, 0.3) is 0 Å². The van der Waals surface area contributed by atoms with Crippen LogP contribution in [0.25, 0.3) is 11.1 Å². The molecule has 1 aliphatic rings. The number of aldehydes is 1. The maximum atomic E-state index is 10.9. The Hall–Kier alpha value is -3.79. The highest BCUT2D eigenvalue weighted by atomic mass is 16.5. The van der Waals surface area contributed by atoms with E-state index in [1.165, 1.54) is 54.4 Å². The van der Waals surface area contributed by atoms with Crippen LogP contribution < -0.4 is 14.2 Å². The van der Waals surface area contributed by atoms with Crippen molar-refractivity contribution in [3.8, 4) is 28.4 Å². The summed E-state index contributed by atoms with van der Waals surface area (Å²) in [6.45, 7) is 11.2. The zero-order valence-electron chi connectivity index (χ0n) is 28.4. The summed E-state index contributed by atoms with van der Waals surface area (Å²) in [5.41, 5.74) is 4.98. The van der Waals surface area contributed by atoms with Crippen molar-refractivity contribution in [2.24, 2.45) is 11.8 Å². The van der Waals surface area contributed by atoms with Gasteiger partial charge in [0.05, 0.1) is 20.3 Å². The molecule has 0 amide bonds. The Bertz CT molecular complexity index is 1270. The zero-order valence-corrected chi connectivity index (χ0v) is 28.4. The van der Waals surface area contributed by atoms with Gasteiger partial charge in [-0.1, -0.05) is 68.2 Å². The molecule has 1 saturated carbocycles. The van der Waals surface area contributed by atoms with E-state index in [9.17, 15) is 4.79 Å². The highest BCUT2D eigenvalue weighted by molar-refractivity contribution is 5.66. The normalized spacial score (nSPS) is 15.6. The van der Waals surface area contributed by atoms with E-state index in [1.807, 2.05) is 36.4 Å². The third kappa shape index (κ3) is 13.7. The molecular formula is C42H56O4. The lowest BCUT2D eigenvalue weighted by atomic mass is 9.83. The van der Waals surface area contributed by atoms with Crippen LogP contribution in [0.15, 0.2) is 92.0 Å². The van der Waals surface area contributed by atoms with Crippen molar-refractivity contribution >= 4 is 6.29 Å². The summed E-state index contributed by atoms with van der Waals surface area (Å²) in [6.07, 6.45) is 20.1. The Balaban J connectivity index is 0.000000268. The lowest BCUT2D eigenvalue weighted by molar-refractivity contribution is -0.112. The predicted octanol–water partition coefficient (Wildman–Crippen LogP) is 11.2. The molecule has 3 aromatic carbocycles. The monoisotopic (exact) mass is 624 g/mol. The van der Waals surface area contributed by atoms with Crippen LogP contribution in [-0.2, 0) is 11.2 Å². The average Bonchev–Trinajstić information content (AvgIpc) is 3.10. The molecule has 4 heteroatoms. The molecule has 0 heterocycles. The molecule has 46 heavy (non-hydrogen) atoms. The first-order chi connectivity index (χ1) is 22.6. The fourth-order valence-electron chi connectivity index (χ4n) is 5.78. The second kappa shape index (κ2) is 21.9. The smallest absolute Gasteiger partial charge is 0.123 e. The first-order valence-corrected chi connectivity index (χ1v) is 17.3. The molecule has 4 rings (SSSR count). The Kier molecular flexibility index (Phi) is 17.4. The number of ether oxygens (including phenoxy) is 3. The largest absolute Gasteiger partial charge is 0.497 e. The predicted molar refractivity (Wildman–Crippen MR) is 193 cm³/mol. The number of hydrogen-bond donors (Lipinski definition) is 0. The van der Waals surface area contributed by atoms with Gasteiger partial charge in [-0.05, 0) is 129 Å². The van der Waals surface area contributed by atoms with Gasteiger partial charge in [-0.25, -0.2) is 0 Å². The van der Waals surface area contributed by atoms with Crippen LogP contribution in [0.5, 0.6) is 17.2 Å². The SMILES string of the molecule is C=CCCCCCCCCOc1ccc(OC)cc1.C=CCCc1ccc(-c2ccc(OCC3CCC(C=O)CC3)c(C)c2)cc1. The number of methoxy groups -OCH3 is 1. The van der Waals surface area contributed by atoms with Gasteiger partial charge in [-0.15, -0.1) is 13.2 Å². The Morgan fingerprint density at radius 2 is 1.35 bits per heavy atom. The van der Waals surface area contributed by atoms with Crippen LogP contribution in [0.4, 0.5) is 0 Å². The molecule has 0 saturated heterocycles. The summed E-state index contributed by atoms with van der Waals surface area (Å²) < 4.78 is 16.9. The molecule has 248 valence electrons. The van der Waals surface area contributed by atoms with Crippen molar-refractivity contribution in [2.75, 3.05) is 20.3 Å². The molecule has 0 aromatic heterocycles. The first-order valence-electron chi connectivity index (χ1n) is 17.3. The maximum absolute atomic E-state index is 10.9. The molecule has 4 nitrogen and oxygen atoms in total. The number of unbranched alkanes of at least 4 members (excludes halogenated alkanes) is 6. The molecule has 0 aliphatic heterocycles. The summed E-state index contributed by atoms with van der Waals surface area (Å²) in [7, 11) is 1.67. The van der Waals surface area contributed by atoms with Crippen molar-refractivity contribution in [3.05, 3.63) is 103 Å². The Labute approximate surface area is 278 Å². The van der Waals surface area contributed by atoms with Crippen molar-refractivity contribution in [1.82, 2.24) is 0 Å². The maximum Gasteiger partial charge on any atom is 0.123 e. The molecule has 1 aliphatic carbocycles. The minimum absolute atomic E-state index is 0.269. The Morgan fingerprint density at radius 1 is 0.717 bits per heavy atom. The minimum atomic E-state index is 0.269. The number of aryl methyl sites for hydroxylation is 2. The molecule has 0 atom stereocenters. The topological polar surface area (TPSA) is 44.8 Å². The van der Waals surface area contributed by atoms with Crippen LogP contribution in [0.2, 0.25) is 0 Å². The fraction of sp³-hybridized carbons (Fsp3) is 0.452. The van der Waals surface area contributed by atoms with E-state index in [1.54, 1.807) is 7.11 Å². The molecule has 0 radical (unpaired) electrons. The summed E-state index contributed by atoms with van der Waals surface area (Å²) in [6, 6.07) is 23.0. The minimum Gasteiger partial charge on any atom is -0.497 e. The standard InChI is InChI=1S/C25H30O2.C17H26O2/c1-3-4-5-20-10-12-23(13-11-20)24-14-15-25(19(2)16-24)27-18-22-8-6-21(17-26)7-9-22;1-3-4-5-6-7-8-9-10-15-19-17-13-11-16(18-2)12-14-17/h3,10-17,21-22H,1,4-9,18H2,2H3;3,11-14H,1,4-10,15H2,2H3. The van der Waals surface area contributed by atoms with E-state index in [4.69, 9.17) is 14.2 Å². The van der Waals surface area contributed by atoms with E-state index in [0.717, 1.165) is 88.1 Å². The van der Waals surface area contributed by atoms with Crippen molar-refractivity contribution in [2.45, 2.75) is 90.4 Å². The fourth-order valence-corrected chi connectivity index (χ4v) is 5.78. The summed E-state index contributed by atoms with van der Waals surface area (Å²) in [5, 5.41) is 0. The highest BCUT2D eigenvalue weighted by Crippen LogP contribution is 2.30. The van der Waals surface area contributed by atoms with Gasteiger partial charge in [0.15, 0.2) is 0 Å². The number of allylic oxidation sites excluding steroid dienone is 2. The van der Waals surface area contributed by atoms with Crippen molar-refractivity contribution in [1.29, 1.82) is 0 Å². The summed E-state index contributed by atoms with van der Waals surface area (Å²) >= 11 is 0. The van der Waals surface area contributed by atoms with E-state index in [2.05, 4.69) is 62.5 Å². The lowest BCUT2D eigenvalue weighted by Gasteiger charge is -2.25. The number of carbonyl (C=O) groups excluding carboxylic acids is 1. The zero-order chi connectivity index (χ0) is 32.8. The highest BCUT2D eigenvalue weighted by Gasteiger charge is 2.21. The lowest BCUT2D eigenvalue weighted by Crippen LogP contribution is -2.20. The third-order valence-electron chi connectivity index (χ3n) is 8.79. The Morgan fingerprint density at radius 3 is 1.98 bits per heavy atom. The van der Waals surface area contributed by atoms with Gasteiger partial charge in [-0.2, -0.15) is 0 Å². The molecule has 0 N–H and O–H groups in total. The van der Waals surface area contributed by atoms with Crippen LogP contribution in [-0.4, -0.2) is 26.6 Å². The molecule has 3 aromatic rings. The number of carbonyl (C=O) groups is 1. The van der Waals surface area contributed by atoms with Gasteiger partial charge in [-0.3, -0.25) is 0 Å². The van der Waals surface area contributed by atoms with E-state index >= 15 is 0 Å². The average molecular weight is 625 g/mol. The number of rotatable bonds is 19. The van der Waals surface area contributed by atoms with Gasteiger partial charge < -0.3 is 19.0 Å². The van der Waals surface area contributed by atoms with Crippen LogP contribution in [0.1, 0.15) is 88.2 Å². The molecule has 1 fully saturated rings. The van der Waals surface area contributed by atoms with E-state index < -0.39 is 0 Å². The van der Waals surface area contributed by atoms with Gasteiger partial charge in [0.1, 0.15) is 23.5 Å². The molecule has 0 bridgehead atoms. The molecular weight excluding hydrogens is 568 g/mol. The second-order valence-corrected chi connectivity index (χ2v) is 12.5. The van der Waals surface area contributed by atoms with E-state index in [-0.39, 0.29) is 5.92 Å². The summed E-state index contributed by atoms with van der Waals surface area (Å²) in [5.74, 6) is 3.60. The number of hydrogen-bond acceptors (Lipinski definition) is 4. The van der Waals surface area contributed by atoms with Gasteiger partial charge in [0, 0.05) is 5.92 Å². The van der Waals surface area contributed by atoms with Gasteiger partial charge >= 0.3 is 0 Å². The second-order valence-electron chi connectivity index (χ2n) is 12.5. The van der Waals surface area contributed by atoms with Crippen LogP contribution in [0.3, 0.4) is 0 Å². The molecule has 0 unspecified atom stereocenters. The van der Waals surface area contributed by atoms with Crippen molar-refractivity contribution < 1.29 is 19.0 Å². The van der Waals surface area contributed by atoms with Crippen molar-refractivity contribution in [3.63, 3.8) is 0 Å². The quantitative estimate of drug-likeness (QED) is 0.0756. The van der Waals surface area contributed by atoms with Gasteiger partial charge in [0.2, 0.25) is 0 Å². The van der Waals surface area contributed by atoms with Crippen LogP contribution >= 0.6 is 0 Å².